The number of aryl methyl sites for hydroxylation is 1. The van der Waals surface area contributed by atoms with Crippen LogP contribution in [0.2, 0.25) is 0 Å². The van der Waals surface area contributed by atoms with Gasteiger partial charge >= 0.3 is 0 Å². The zero-order chi connectivity index (χ0) is 22.6. The van der Waals surface area contributed by atoms with E-state index in [0.29, 0.717) is 29.9 Å². The van der Waals surface area contributed by atoms with Crippen LogP contribution in [0.5, 0.6) is 0 Å². The standard InChI is InChI=1S/C25H27N3O3S/c1-19-13-14-21(32(30,31)28-16-8-3-9-17-28)18-22(19)25(29)27-24(20-10-4-2-5-11-20)23-12-6-7-15-26-23/h2,4-7,10-15,18,24H,3,8-9,16-17H2,1H3,(H,27,29). The predicted octanol–water partition coefficient (Wildman–Crippen LogP) is 4.08. The average Bonchev–Trinajstić information content (AvgIpc) is 2.84. The van der Waals surface area contributed by atoms with Gasteiger partial charge in [-0.3, -0.25) is 9.78 Å². The molecule has 4 rings (SSSR count). The number of carbonyl (C=O) groups excluding carboxylic acids is 1. The monoisotopic (exact) mass is 449 g/mol. The smallest absolute Gasteiger partial charge is 0.252 e. The molecule has 1 aliphatic heterocycles. The van der Waals surface area contributed by atoms with E-state index < -0.39 is 16.1 Å². The van der Waals surface area contributed by atoms with Gasteiger partial charge in [0.25, 0.3) is 5.91 Å². The molecular formula is C25H27N3O3S. The zero-order valence-electron chi connectivity index (χ0n) is 18.1. The van der Waals surface area contributed by atoms with Gasteiger partial charge in [-0.2, -0.15) is 4.31 Å². The summed E-state index contributed by atoms with van der Waals surface area (Å²) in [5, 5.41) is 3.06. The molecule has 166 valence electrons. The fraction of sp³-hybridized carbons (Fsp3) is 0.280. The van der Waals surface area contributed by atoms with Crippen LogP contribution in [0, 0.1) is 6.92 Å². The Bertz CT molecular complexity index is 1140. The van der Waals surface area contributed by atoms with E-state index in [1.54, 1.807) is 18.3 Å². The molecule has 0 bridgehead atoms. The third-order valence-corrected chi connectivity index (χ3v) is 7.69. The molecule has 1 saturated heterocycles. The summed E-state index contributed by atoms with van der Waals surface area (Å²) in [6.07, 6.45) is 4.46. The Morgan fingerprint density at radius 3 is 2.38 bits per heavy atom. The van der Waals surface area contributed by atoms with Crippen LogP contribution in [-0.2, 0) is 10.0 Å². The number of rotatable bonds is 6. The number of nitrogens with one attached hydrogen (secondary N) is 1. The van der Waals surface area contributed by atoms with Gasteiger partial charge in [0.15, 0.2) is 0 Å². The molecule has 1 aliphatic rings. The van der Waals surface area contributed by atoms with Crippen LogP contribution < -0.4 is 5.32 Å². The van der Waals surface area contributed by atoms with Crippen molar-refractivity contribution < 1.29 is 13.2 Å². The van der Waals surface area contributed by atoms with Crippen LogP contribution >= 0.6 is 0 Å². The Morgan fingerprint density at radius 1 is 0.969 bits per heavy atom. The molecule has 32 heavy (non-hydrogen) atoms. The third kappa shape index (κ3) is 4.74. The first-order valence-electron chi connectivity index (χ1n) is 10.8. The number of amides is 1. The van der Waals surface area contributed by atoms with Crippen molar-refractivity contribution in [1.82, 2.24) is 14.6 Å². The van der Waals surface area contributed by atoms with Gasteiger partial charge in [0, 0.05) is 24.8 Å². The van der Waals surface area contributed by atoms with E-state index in [1.165, 1.54) is 10.4 Å². The molecule has 1 aromatic heterocycles. The lowest BCUT2D eigenvalue weighted by Gasteiger charge is -2.26. The van der Waals surface area contributed by atoms with Gasteiger partial charge in [-0.25, -0.2) is 8.42 Å². The third-order valence-electron chi connectivity index (χ3n) is 5.80. The van der Waals surface area contributed by atoms with E-state index in [1.807, 2.05) is 55.5 Å². The Balaban J connectivity index is 1.65. The summed E-state index contributed by atoms with van der Waals surface area (Å²) in [5.41, 5.74) is 2.67. The van der Waals surface area contributed by atoms with Gasteiger partial charge in [-0.15, -0.1) is 0 Å². The molecule has 6 nitrogen and oxygen atoms in total. The number of nitrogens with zero attached hydrogens (tertiary/aromatic N) is 2. The van der Waals surface area contributed by atoms with Gasteiger partial charge in [0.2, 0.25) is 10.0 Å². The number of piperidine rings is 1. The number of hydrogen-bond acceptors (Lipinski definition) is 4. The predicted molar refractivity (Wildman–Crippen MR) is 124 cm³/mol. The summed E-state index contributed by atoms with van der Waals surface area (Å²) in [6, 6.07) is 19.5. The van der Waals surface area contributed by atoms with Crippen molar-refractivity contribution in [3.8, 4) is 0 Å². The molecule has 0 radical (unpaired) electrons. The van der Waals surface area contributed by atoms with Crippen molar-refractivity contribution in [3.63, 3.8) is 0 Å². The molecular weight excluding hydrogens is 422 g/mol. The lowest BCUT2D eigenvalue weighted by atomic mass is 10.0. The van der Waals surface area contributed by atoms with E-state index >= 15 is 0 Å². The van der Waals surface area contributed by atoms with E-state index in [4.69, 9.17) is 0 Å². The minimum Gasteiger partial charge on any atom is -0.340 e. The second-order valence-electron chi connectivity index (χ2n) is 8.01. The second kappa shape index (κ2) is 9.63. The molecule has 2 heterocycles. The molecule has 1 fully saturated rings. The van der Waals surface area contributed by atoms with E-state index in [0.717, 1.165) is 24.8 Å². The normalized spacial score (nSPS) is 15.8. The molecule has 0 spiro atoms. The maximum atomic E-state index is 13.3. The highest BCUT2D eigenvalue weighted by atomic mass is 32.2. The Morgan fingerprint density at radius 2 is 1.69 bits per heavy atom. The topological polar surface area (TPSA) is 79.4 Å². The fourth-order valence-corrected chi connectivity index (χ4v) is 5.53. The van der Waals surface area contributed by atoms with Crippen LogP contribution in [0.3, 0.4) is 0 Å². The molecule has 1 unspecified atom stereocenters. The molecule has 1 N–H and O–H groups in total. The van der Waals surface area contributed by atoms with Crippen LogP contribution in [-0.4, -0.2) is 36.7 Å². The summed E-state index contributed by atoms with van der Waals surface area (Å²) >= 11 is 0. The lowest BCUT2D eigenvalue weighted by Crippen LogP contribution is -2.36. The molecule has 3 aromatic rings. The second-order valence-corrected chi connectivity index (χ2v) is 9.95. The SMILES string of the molecule is Cc1ccc(S(=O)(=O)N2CCCCC2)cc1C(=O)NC(c1ccccc1)c1ccccn1. The Hall–Kier alpha value is -3.03. The van der Waals surface area contributed by atoms with Crippen molar-refractivity contribution >= 4 is 15.9 Å². The first-order chi connectivity index (χ1) is 15.5. The number of aromatic nitrogens is 1. The highest BCUT2D eigenvalue weighted by Gasteiger charge is 2.27. The number of benzene rings is 2. The van der Waals surface area contributed by atoms with Crippen molar-refractivity contribution in [3.05, 3.63) is 95.3 Å². The fourth-order valence-electron chi connectivity index (χ4n) is 3.99. The van der Waals surface area contributed by atoms with E-state index in [9.17, 15) is 13.2 Å². The minimum atomic E-state index is -3.63. The van der Waals surface area contributed by atoms with Gasteiger partial charge in [0.05, 0.1) is 16.6 Å². The molecule has 1 amide bonds. The largest absolute Gasteiger partial charge is 0.340 e. The summed E-state index contributed by atoms with van der Waals surface area (Å²) in [5.74, 6) is -0.335. The number of hydrogen-bond donors (Lipinski definition) is 1. The first kappa shape index (κ1) is 22.2. The Labute approximate surface area is 189 Å². The van der Waals surface area contributed by atoms with Gasteiger partial charge in [-0.05, 0) is 55.2 Å². The quantitative estimate of drug-likeness (QED) is 0.615. The zero-order valence-corrected chi connectivity index (χ0v) is 18.9. The summed E-state index contributed by atoms with van der Waals surface area (Å²) in [6.45, 7) is 2.85. The van der Waals surface area contributed by atoms with Crippen LogP contribution in [0.1, 0.15) is 52.5 Å². The van der Waals surface area contributed by atoms with Crippen LogP contribution in [0.15, 0.2) is 77.8 Å². The molecule has 0 aliphatic carbocycles. The maximum absolute atomic E-state index is 13.3. The summed E-state index contributed by atoms with van der Waals surface area (Å²) in [7, 11) is -3.63. The van der Waals surface area contributed by atoms with Crippen molar-refractivity contribution in [2.45, 2.75) is 37.1 Å². The summed E-state index contributed by atoms with van der Waals surface area (Å²) in [4.78, 5) is 17.9. The minimum absolute atomic E-state index is 0.157. The maximum Gasteiger partial charge on any atom is 0.252 e. The van der Waals surface area contributed by atoms with E-state index in [2.05, 4.69) is 10.3 Å². The van der Waals surface area contributed by atoms with Crippen molar-refractivity contribution in [1.29, 1.82) is 0 Å². The number of carbonyl (C=O) groups is 1. The first-order valence-corrected chi connectivity index (χ1v) is 12.3. The molecule has 0 saturated carbocycles. The molecule has 2 aromatic carbocycles. The average molecular weight is 450 g/mol. The number of sulfonamides is 1. The molecule has 1 atom stereocenters. The number of pyridine rings is 1. The van der Waals surface area contributed by atoms with Crippen molar-refractivity contribution in [2.24, 2.45) is 0 Å². The van der Waals surface area contributed by atoms with Crippen LogP contribution in [0.25, 0.3) is 0 Å². The summed E-state index contributed by atoms with van der Waals surface area (Å²) < 4.78 is 27.8. The highest BCUT2D eigenvalue weighted by molar-refractivity contribution is 7.89. The lowest BCUT2D eigenvalue weighted by molar-refractivity contribution is 0.0941. The van der Waals surface area contributed by atoms with Gasteiger partial charge < -0.3 is 5.32 Å². The van der Waals surface area contributed by atoms with Gasteiger partial charge in [-0.1, -0.05) is 48.9 Å². The van der Waals surface area contributed by atoms with Crippen molar-refractivity contribution in [2.75, 3.05) is 13.1 Å². The van der Waals surface area contributed by atoms with Gasteiger partial charge in [0.1, 0.15) is 0 Å². The van der Waals surface area contributed by atoms with E-state index in [-0.39, 0.29) is 10.8 Å². The Kier molecular flexibility index (Phi) is 6.67. The highest BCUT2D eigenvalue weighted by Crippen LogP contribution is 2.25. The molecule has 7 heteroatoms. The van der Waals surface area contributed by atoms with Crippen LogP contribution in [0.4, 0.5) is 0 Å².